The van der Waals surface area contributed by atoms with E-state index in [1.54, 1.807) is 0 Å². The minimum Gasteiger partial charge on any atom is -0.445 e. The minimum absolute atomic E-state index is 0.0985. The first-order valence-electron chi connectivity index (χ1n) is 6.64. The summed E-state index contributed by atoms with van der Waals surface area (Å²) in [4.78, 5) is 14.1. The van der Waals surface area contributed by atoms with Crippen molar-refractivity contribution in [1.82, 2.24) is 10.2 Å². The Morgan fingerprint density at radius 2 is 1.82 bits per heavy atom. The van der Waals surface area contributed by atoms with Gasteiger partial charge in [0.15, 0.2) is 6.23 Å². The molecule has 4 heteroatoms. The summed E-state index contributed by atoms with van der Waals surface area (Å²) in [5.74, 6) is -0.110. The molecule has 1 saturated heterocycles. The molecule has 0 bridgehead atoms. The fourth-order valence-corrected chi connectivity index (χ4v) is 2.63. The molecule has 4 nitrogen and oxygen atoms in total. The Hall–Kier alpha value is -0.610. The van der Waals surface area contributed by atoms with E-state index in [9.17, 15) is 4.79 Å². The maximum Gasteiger partial charge on any atom is 0.324 e. The molecule has 0 aromatic heterocycles. The van der Waals surface area contributed by atoms with Crippen LogP contribution in [0, 0.1) is 0 Å². The van der Waals surface area contributed by atoms with E-state index in [1.165, 1.54) is 0 Å². The SMILES string of the molecule is CC(C)N(C(C)C)C(C)OC(=O)C1CCCN1. The first kappa shape index (κ1) is 14.5. The second-order valence-electron chi connectivity index (χ2n) is 5.32. The lowest BCUT2D eigenvalue weighted by Gasteiger charge is -2.35. The van der Waals surface area contributed by atoms with Gasteiger partial charge in [0.25, 0.3) is 0 Å². The topological polar surface area (TPSA) is 41.6 Å². The van der Waals surface area contributed by atoms with E-state index < -0.39 is 0 Å². The third kappa shape index (κ3) is 3.96. The molecule has 17 heavy (non-hydrogen) atoms. The largest absolute Gasteiger partial charge is 0.445 e. The summed E-state index contributed by atoms with van der Waals surface area (Å²) in [7, 11) is 0. The molecule has 2 unspecified atom stereocenters. The molecule has 100 valence electrons. The Bertz CT molecular complexity index is 240. The van der Waals surface area contributed by atoms with Crippen LogP contribution >= 0.6 is 0 Å². The molecule has 0 spiro atoms. The van der Waals surface area contributed by atoms with Gasteiger partial charge in [0, 0.05) is 12.1 Å². The lowest BCUT2D eigenvalue weighted by molar-refractivity contribution is -0.163. The molecular weight excluding hydrogens is 216 g/mol. The van der Waals surface area contributed by atoms with Crippen molar-refractivity contribution in [3.05, 3.63) is 0 Å². The third-order valence-electron chi connectivity index (χ3n) is 3.24. The summed E-state index contributed by atoms with van der Waals surface area (Å²) in [5, 5.41) is 3.17. The average molecular weight is 242 g/mol. The molecule has 0 saturated carbocycles. The van der Waals surface area contributed by atoms with Gasteiger partial charge in [-0.05, 0) is 54.0 Å². The standard InChI is InChI=1S/C13H26N2O2/c1-9(2)15(10(3)4)11(5)17-13(16)12-7-6-8-14-12/h9-12,14H,6-8H2,1-5H3. The highest BCUT2D eigenvalue weighted by molar-refractivity contribution is 5.76. The number of hydrogen-bond donors (Lipinski definition) is 1. The van der Waals surface area contributed by atoms with E-state index in [0.717, 1.165) is 19.4 Å². The number of ether oxygens (including phenoxy) is 1. The van der Waals surface area contributed by atoms with Crippen LogP contribution in [0.4, 0.5) is 0 Å². The van der Waals surface area contributed by atoms with Crippen LogP contribution in [-0.2, 0) is 9.53 Å². The maximum atomic E-state index is 11.9. The van der Waals surface area contributed by atoms with Crippen molar-refractivity contribution in [2.24, 2.45) is 0 Å². The van der Waals surface area contributed by atoms with Crippen LogP contribution in [0.15, 0.2) is 0 Å². The van der Waals surface area contributed by atoms with Gasteiger partial charge in [0.2, 0.25) is 0 Å². The van der Waals surface area contributed by atoms with E-state index in [4.69, 9.17) is 4.74 Å². The number of carbonyl (C=O) groups excluding carboxylic acids is 1. The predicted molar refractivity (Wildman–Crippen MR) is 68.7 cm³/mol. The molecule has 1 rings (SSSR count). The number of carbonyl (C=O) groups is 1. The van der Waals surface area contributed by atoms with Crippen LogP contribution in [0.5, 0.6) is 0 Å². The first-order valence-corrected chi connectivity index (χ1v) is 6.64. The van der Waals surface area contributed by atoms with Crippen LogP contribution < -0.4 is 5.32 Å². The molecule has 0 aromatic rings. The van der Waals surface area contributed by atoms with Crippen LogP contribution in [0.25, 0.3) is 0 Å². The molecule has 0 amide bonds. The molecule has 1 aliphatic heterocycles. The van der Waals surface area contributed by atoms with E-state index in [2.05, 4.69) is 37.9 Å². The quantitative estimate of drug-likeness (QED) is 0.589. The summed E-state index contributed by atoms with van der Waals surface area (Å²) in [6.07, 6.45) is 1.80. The summed E-state index contributed by atoms with van der Waals surface area (Å²) in [6, 6.07) is 0.641. The summed E-state index contributed by atoms with van der Waals surface area (Å²) < 4.78 is 5.54. The molecule has 0 aromatic carbocycles. The fourth-order valence-electron chi connectivity index (χ4n) is 2.63. The third-order valence-corrected chi connectivity index (χ3v) is 3.24. The molecule has 1 aliphatic rings. The van der Waals surface area contributed by atoms with Crippen LogP contribution in [0.2, 0.25) is 0 Å². The van der Waals surface area contributed by atoms with E-state index in [0.29, 0.717) is 12.1 Å². The normalized spacial score (nSPS) is 22.5. The zero-order valence-corrected chi connectivity index (χ0v) is 11.7. The van der Waals surface area contributed by atoms with Crippen molar-refractivity contribution in [3.8, 4) is 0 Å². The molecule has 1 N–H and O–H groups in total. The van der Waals surface area contributed by atoms with Crippen LogP contribution in [0.1, 0.15) is 47.5 Å². The Labute approximate surface area is 105 Å². The van der Waals surface area contributed by atoms with Gasteiger partial charge in [0.05, 0.1) is 0 Å². The van der Waals surface area contributed by atoms with Gasteiger partial charge < -0.3 is 10.1 Å². The Morgan fingerprint density at radius 3 is 2.24 bits per heavy atom. The second kappa shape index (κ2) is 6.36. The highest BCUT2D eigenvalue weighted by atomic mass is 16.6. The van der Waals surface area contributed by atoms with Gasteiger partial charge in [-0.3, -0.25) is 9.69 Å². The number of esters is 1. The zero-order chi connectivity index (χ0) is 13.0. The number of nitrogens with zero attached hydrogens (tertiary/aromatic N) is 1. The molecule has 0 aliphatic carbocycles. The van der Waals surface area contributed by atoms with Gasteiger partial charge in [-0.25, -0.2) is 0 Å². The first-order chi connectivity index (χ1) is 7.93. The predicted octanol–water partition coefficient (Wildman–Crippen LogP) is 1.75. The van der Waals surface area contributed by atoms with Gasteiger partial charge in [-0.15, -0.1) is 0 Å². The Kier molecular flexibility index (Phi) is 5.40. The molecular formula is C13H26N2O2. The van der Waals surface area contributed by atoms with Gasteiger partial charge >= 0.3 is 5.97 Å². The van der Waals surface area contributed by atoms with Crippen molar-refractivity contribution in [3.63, 3.8) is 0 Å². The monoisotopic (exact) mass is 242 g/mol. The molecule has 2 atom stereocenters. The van der Waals surface area contributed by atoms with Crippen molar-refractivity contribution in [2.45, 2.75) is 71.8 Å². The highest BCUT2D eigenvalue weighted by Gasteiger charge is 2.28. The zero-order valence-electron chi connectivity index (χ0n) is 11.7. The lowest BCUT2D eigenvalue weighted by atomic mass is 10.2. The van der Waals surface area contributed by atoms with Crippen molar-refractivity contribution >= 4 is 5.97 Å². The number of rotatable bonds is 5. The number of nitrogens with one attached hydrogen (secondary N) is 1. The van der Waals surface area contributed by atoms with E-state index in [-0.39, 0.29) is 18.2 Å². The molecule has 0 radical (unpaired) electrons. The molecule has 1 fully saturated rings. The fraction of sp³-hybridized carbons (Fsp3) is 0.923. The Balaban J connectivity index is 2.50. The van der Waals surface area contributed by atoms with Gasteiger partial charge in [-0.1, -0.05) is 0 Å². The van der Waals surface area contributed by atoms with Gasteiger partial charge in [0.1, 0.15) is 6.04 Å². The van der Waals surface area contributed by atoms with Gasteiger partial charge in [-0.2, -0.15) is 0 Å². The maximum absolute atomic E-state index is 11.9. The van der Waals surface area contributed by atoms with Crippen molar-refractivity contribution < 1.29 is 9.53 Å². The lowest BCUT2D eigenvalue weighted by Crippen LogP contribution is -2.47. The van der Waals surface area contributed by atoms with Crippen molar-refractivity contribution in [1.29, 1.82) is 0 Å². The Morgan fingerprint density at radius 1 is 1.24 bits per heavy atom. The van der Waals surface area contributed by atoms with Crippen LogP contribution in [0.3, 0.4) is 0 Å². The number of hydrogen-bond acceptors (Lipinski definition) is 4. The van der Waals surface area contributed by atoms with Crippen LogP contribution in [-0.4, -0.2) is 41.8 Å². The highest BCUT2D eigenvalue weighted by Crippen LogP contribution is 2.14. The minimum atomic E-state index is -0.162. The van der Waals surface area contributed by atoms with E-state index >= 15 is 0 Å². The smallest absolute Gasteiger partial charge is 0.324 e. The summed E-state index contributed by atoms with van der Waals surface area (Å²) >= 11 is 0. The second-order valence-corrected chi connectivity index (χ2v) is 5.32. The summed E-state index contributed by atoms with van der Waals surface area (Å²) in [6.45, 7) is 11.4. The van der Waals surface area contributed by atoms with Crippen molar-refractivity contribution in [2.75, 3.05) is 6.54 Å². The average Bonchev–Trinajstić information content (AvgIpc) is 2.68. The molecule has 1 heterocycles. The van der Waals surface area contributed by atoms with E-state index in [1.807, 2.05) is 6.92 Å². The summed E-state index contributed by atoms with van der Waals surface area (Å²) in [5.41, 5.74) is 0.